The Morgan fingerprint density at radius 3 is 2.33 bits per heavy atom. The molecular formula is C33H38N6. The first-order chi connectivity index (χ1) is 19.1. The summed E-state index contributed by atoms with van der Waals surface area (Å²) in [5, 5.41) is 6.90. The van der Waals surface area contributed by atoms with Gasteiger partial charge in [-0.1, -0.05) is 55.8 Å². The van der Waals surface area contributed by atoms with Gasteiger partial charge in [0.05, 0.1) is 35.0 Å². The largest absolute Gasteiger partial charge is 0.341 e. The van der Waals surface area contributed by atoms with Crippen molar-refractivity contribution in [1.29, 1.82) is 0 Å². The molecule has 1 aliphatic rings. The monoisotopic (exact) mass is 518 g/mol. The maximum absolute atomic E-state index is 4.85. The van der Waals surface area contributed by atoms with Crippen LogP contribution in [0.3, 0.4) is 0 Å². The van der Waals surface area contributed by atoms with E-state index in [2.05, 4.69) is 101 Å². The lowest BCUT2D eigenvalue weighted by molar-refractivity contribution is 0.518. The fourth-order valence-corrected chi connectivity index (χ4v) is 5.92. The topological polar surface area (TPSA) is 81.4 Å². The van der Waals surface area contributed by atoms with E-state index in [1.807, 2.05) is 13.2 Å². The Morgan fingerprint density at radius 1 is 0.923 bits per heavy atom. The molecule has 2 aromatic heterocycles. The van der Waals surface area contributed by atoms with Crippen LogP contribution in [0, 0.1) is 13.8 Å². The number of hydrogen-bond acceptors (Lipinski definition) is 4. The number of fused-ring (bicyclic) bond motifs is 1. The Bertz CT molecular complexity index is 1590. The van der Waals surface area contributed by atoms with Crippen molar-refractivity contribution >= 4 is 11.0 Å². The SMILES string of the molecule is CCCC(NC)c1ncc(-c2ccc(-c3ccc(-c4ccc5nc(C6CCCN6)[nH]c5c4)c(C)c3C)cc2)[nH]1. The van der Waals surface area contributed by atoms with Crippen LogP contribution >= 0.6 is 0 Å². The highest BCUT2D eigenvalue weighted by atomic mass is 15.0. The Balaban J connectivity index is 1.25. The fourth-order valence-electron chi connectivity index (χ4n) is 5.92. The Morgan fingerprint density at radius 2 is 1.64 bits per heavy atom. The molecule has 2 unspecified atom stereocenters. The van der Waals surface area contributed by atoms with E-state index in [1.165, 1.54) is 39.8 Å². The maximum atomic E-state index is 4.85. The van der Waals surface area contributed by atoms with Crippen molar-refractivity contribution in [2.24, 2.45) is 0 Å². The van der Waals surface area contributed by atoms with Gasteiger partial charge in [-0.3, -0.25) is 0 Å². The predicted molar refractivity (Wildman–Crippen MR) is 161 cm³/mol. The molecule has 0 aliphatic carbocycles. The summed E-state index contributed by atoms with van der Waals surface area (Å²) in [5.74, 6) is 2.06. The van der Waals surface area contributed by atoms with Crippen LogP contribution in [-0.4, -0.2) is 33.5 Å². The fraction of sp³-hybridized carbons (Fsp3) is 0.333. The van der Waals surface area contributed by atoms with E-state index in [4.69, 9.17) is 4.98 Å². The normalized spacial score (nSPS) is 16.3. The minimum atomic E-state index is 0.257. The molecule has 6 heteroatoms. The van der Waals surface area contributed by atoms with Crippen LogP contribution in [0.2, 0.25) is 0 Å². The van der Waals surface area contributed by atoms with Crippen molar-refractivity contribution < 1.29 is 0 Å². The maximum Gasteiger partial charge on any atom is 0.124 e. The molecule has 0 bridgehead atoms. The van der Waals surface area contributed by atoms with E-state index < -0.39 is 0 Å². The molecule has 0 amide bonds. The average molecular weight is 519 g/mol. The van der Waals surface area contributed by atoms with Gasteiger partial charge in [-0.05, 0) is 97.8 Å². The summed E-state index contributed by atoms with van der Waals surface area (Å²) in [7, 11) is 1.99. The summed E-state index contributed by atoms with van der Waals surface area (Å²) >= 11 is 0. The number of aromatic nitrogens is 4. The first-order valence-corrected chi connectivity index (χ1v) is 14.2. The molecule has 4 N–H and O–H groups in total. The summed E-state index contributed by atoms with van der Waals surface area (Å²) in [6, 6.07) is 20.5. The Hall–Kier alpha value is -3.74. The molecule has 1 saturated heterocycles. The third-order valence-electron chi connectivity index (χ3n) is 8.35. The lowest BCUT2D eigenvalue weighted by Crippen LogP contribution is -2.17. The van der Waals surface area contributed by atoms with E-state index in [0.29, 0.717) is 6.04 Å². The summed E-state index contributed by atoms with van der Waals surface area (Å²) in [5.41, 5.74) is 11.9. The van der Waals surface area contributed by atoms with Gasteiger partial charge in [0.25, 0.3) is 0 Å². The van der Waals surface area contributed by atoms with E-state index in [-0.39, 0.29) is 6.04 Å². The van der Waals surface area contributed by atoms with Crippen molar-refractivity contribution in [3.63, 3.8) is 0 Å². The molecule has 3 heterocycles. The molecule has 200 valence electrons. The van der Waals surface area contributed by atoms with E-state index >= 15 is 0 Å². The van der Waals surface area contributed by atoms with Crippen LogP contribution in [-0.2, 0) is 0 Å². The quantitative estimate of drug-likeness (QED) is 0.173. The molecule has 0 spiro atoms. The van der Waals surface area contributed by atoms with Gasteiger partial charge in [0.15, 0.2) is 0 Å². The van der Waals surface area contributed by atoms with Crippen molar-refractivity contribution in [3.8, 4) is 33.5 Å². The van der Waals surface area contributed by atoms with Gasteiger partial charge in [-0.25, -0.2) is 9.97 Å². The second-order valence-electron chi connectivity index (χ2n) is 10.8. The number of hydrogen-bond donors (Lipinski definition) is 4. The lowest BCUT2D eigenvalue weighted by Gasteiger charge is -2.15. The molecule has 1 aliphatic heterocycles. The Kier molecular flexibility index (Phi) is 7.07. The predicted octanol–water partition coefficient (Wildman–Crippen LogP) is 7.39. The summed E-state index contributed by atoms with van der Waals surface area (Å²) in [4.78, 5) is 16.6. The molecule has 39 heavy (non-hydrogen) atoms. The molecule has 5 aromatic rings. The summed E-state index contributed by atoms with van der Waals surface area (Å²) in [6.45, 7) is 7.73. The molecular weight excluding hydrogens is 480 g/mol. The van der Waals surface area contributed by atoms with Crippen LogP contribution in [0.15, 0.2) is 60.8 Å². The highest BCUT2D eigenvalue weighted by Crippen LogP contribution is 2.35. The van der Waals surface area contributed by atoms with Crippen LogP contribution in [0.4, 0.5) is 0 Å². The van der Waals surface area contributed by atoms with Crippen LogP contribution in [0.25, 0.3) is 44.5 Å². The number of nitrogens with one attached hydrogen (secondary N) is 4. The molecule has 6 rings (SSSR count). The van der Waals surface area contributed by atoms with Crippen molar-refractivity contribution in [2.75, 3.05) is 13.6 Å². The van der Waals surface area contributed by atoms with Gasteiger partial charge in [-0.15, -0.1) is 0 Å². The van der Waals surface area contributed by atoms with Gasteiger partial charge in [0, 0.05) is 0 Å². The lowest BCUT2D eigenvalue weighted by atomic mass is 9.90. The van der Waals surface area contributed by atoms with Gasteiger partial charge < -0.3 is 20.6 Å². The van der Waals surface area contributed by atoms with Crippen LogP contribution in [0.5, 0.6) is 0 Å². The van der Waals surface area contributed by atoms with Crippen LogP contribution in [0.1, 0.15) is 67.5 Å². The van der Waals surface area contributed by atoms with E-state index in [9.17, 15) is 0 Å². The Labute approximate surface area is 230 Å². The van der Waals surface area contributed by atoms with Gasteiger partial charge in [-0.2, -0.15) is 0 Å². The minimum absolute atomic E-state index is 0.257. The number of imidazole rings is 2. The number of H-pyrrole nitrogens is 2. The zero-order chi connectivity index (χ0) is 26.9. The molecule has 3 aromatic carbocycles. The van der Waals surface area contributed by atoms with E-state index in [1.54, 1.807) is 0 Å². The summed E-state index contributed by atoms with van der Waals surface area (Å²) < 4.78 is 0. The van der Waals surface area contributed by atoms with Crippen molar-refractivity contribution in [2.45, 2.75) is 58.5 Å². The average Bonchev–Trinajstić information content (AvgIpc) is 3.74. The standard InChI is InChI=1S/C33H38N6/c1-5-7-28(34-4)32-36-19-31(39-32)23-11-9-22(10-12-23)25-14-15-26(21(3)20(25)2)24-13-16-27-30(18-24)38-33(37-27)29-8-6-17-35-29/h9-16,18-19,28-29,34-35H,5-8,17H2,1-4H3,(H,36,39)(H,37,38). The number of benzene rings is 3. The van der Waals surface area contributed by atoms with Gasteiger partial charge in [0.1, 0.15) is 11.6 Å². The number of aromatic amines is 2. The summed E-state index contributed by atoms with van der Waals surface area (Å²) in [6.07, 6.45) is 6.47. The zero-order valence-corrected chi connectivity index (χ0v) is 23.4. The minimum Gasteiger partial charge on any atom is -0.341 e. The van der Waals surface area contributed by atoms with Crippen molar-refractivity contribution in [3.05, 3.63) is 83.6 Å². The molecule has 0 radical (unpaired) electrons. The molecule has 2 atom stereocenters. The van der Waals surface area contributed by atoms with Crippen LogP contribution < -0.4 is 10.6 Å². The molecule has 0 saturated carbocycles. The van der Waals surface area contributed by atoms with Gasteiger partial charge >= 0.3 is 0 Å². The van der Waals surface area contributed by atoms with Crippen molar-refractivity contribution in [1.82, 2.24) is 30.6 Å². The third-order valence-corrected chi connectivity index (χ3v) is 8.35. The first-order valence-electron chi connectivity index (χ1n) is 14.2. The number of nitrogens with zero attached hydrogens (tertiary/aromatic N) is 2. The van der Waals surface area contributed by atoms with E-state index in [0.717, 1.165) is 59.7 Å². The smallest absolute Gasteiger partial charge is 0.124 e. The van der Waals surface area contributed by atoms with Gasteiger partial charge in [0.2, 0.25) is 0 Å². The highest BCUT2D eigenvalue weighted by Gasteiger charge is 2.20. The second kappa shape index (κ2) is 10.8. The number of rotatable bonds is 8. The first kappa shape index (κ1) is 25.5. The molecule has 1 fully saturated rings. The molecule has 6 nitrogen and oxygen atoms in total. The third kappa shape index (κ3) is 4.90. The highest BCUT2D eigenvalue weighted by molar-refractivity contribution is 5.85. The second-order valence-corrected chi connectivity index (χ2v) is 10.8. The zero-order valence-electron chi connectivity index (χ0n) is 23.4.